The lowest BCUT2D eigenvalue weighted by molar-refractivity contribution is 0.230. The van der Waals surface area contributed by atoms with E-state index in [0.717, 1.165) is 37.4 Å². The average molecular weight is 238 g/mol. The van der Waals surface area contributed by atoms with Gasteiger partial charge in [0.15, 0.2) is 0 Å². The molecule has 0 bridgehead atoms. The highest BCUT2D eigenvalue weighted by molar-refractivity contribution is 5.88. The SMILES string of the molecule is O=C(NF)Nc1ccc(N2CCNCC2)cc1. The topological polar surface area (TPSA) is 56.4 Å². The zero-order valence-electron chi connectivity index (χ0n) is 9.37. The minimum absolute atomic E-state index is 0.569. The van der Waals surface area contributed by atoms with Crippen LogP contribution < -0.4 is 21.1 Å². The Balaban J connectivity index is 1.99. The van der Waals surface area contributed by atoms with Crippen molar-refractivity contribution >= 4 is 17.4 Å². The van der Waals surface area contributed by atoms with Crippen LogP contribution in [-0.2, 0) is 0 Å². The molecule has 92 valence electrons. The predicted molar refractivity (Wildman–Crippen MR) is 64.8 cm³/mol. The van der Waals surface area contributed by atoms with E-state index in [1.807, 2.05) is 12.1 Å². The fourth-order valence-electron chi connectivity index (χ4n) is 1.83. The van der Waals surface area contributed by atoms with Crippen LogP contribution in [0.25, 0.3) is 0 Å². The summed E-state index contributed by atoms with van der Waals surface area (Å²) in [5, 5.41) is 5.65. The van der Waals surface area contributed by atoms with Crippen LogP contribution in [0.4, 0.5) is 20.7 Å². The minimum Gasteiger partial charge on any atom is -0.369 e. The molecule has 0 aliphatic carbocycles. The summed E-state index contributed by atoms with van der Waals surface area (Å²) in [7, 11) is 0. The second-order valence-electron chi connectivity index (χ2n) is 3.83. The molecule has 1 fully saturated rings. The monoisotopic (exact) mass is 238 g/mol. The van der Waals surface area contributed by atoms with Crippen molar-refractivity contribution in [2.24, 2.45) is 0 Å². The van der Waals surface area contributed by atoms with E-state index < -0.39 is 6.03 Å². The van der Waals surface area contributed by atoms with Crippen molar-refractivity contribution in [2.75, 3.05) is 36.4 Å². The van der Waals surface area contributed by atoms with Crippen LogP contribution in [0.1, 0.15) is 0 Å². The predicted octanol–water partition coefficient (Wildman–Crippen LogP) is 1.10. The lowest BCUT2D eigenvalue weighted by atomic mass is 10.2. The van der Waals surface area contributed by atoms with Gasteiger partial charge in [0.1, 0.15) is 0 Å². The molecule has 0 saturated carbocycles. The number of hydrogen-bond acceptors (Lipinski definition) is 3. The Morgan fingerprint density at radius 1 is 1.24 bits per heavy atom. The highest BCUT2D eigenvalue weighted by atomic mass is 19.2. The van der Waals surface area contributed by atoms with Crippen molar-refractivity contribution < 1.29 is 9.28 Å². The standard InChI is InChI=1S/C11H15FN4O/c12-15-11(17)14-9-1-3-10(4-2-9)16-7-5-13-6-8-16/h1-4,13H,5-8H2,(H2,14,15,17). The first-order valence-electron chi connectivity index (χ1n) is 5.53. The maximum Gasteiger partial charge on any atom is 0.347 e. The van der Waals surface area contributed by atoms with Crippen LogP contribution >= 0.6 is 0 Å². The van der Waals surface area contributed by atoms with Gasteiger partial charge in [-0.3, -0.25) is 0 Å². The summed E-state index contributed by atoms with van der Waals surface area (Å²) in [6.07, 6.45) is 0. The van der Waals surface area contributed by atoms with Crippen molar-refractivity contribution in [1.82, 2.24) is 10.9 Å². The number of rotatable bonds is 2. The normalized spacial score (nSPS) is 15.5. The van der Waals surface area contributed by atoms with Gasteiger partial charge in [-0.25, -0.2) is 4.79 Å². The average Bonchev–Trinajstić information content (AvgIpc) is 2.40. The molecular weight excluding hydrogens is 223 g/mol. The summed E-state index contributed by atoms with van der Waals surface area (Å²) in [4.78, 5) is 13.0. The Bertz CT molecular complexity index is 376. The van der Waals surface area contributed by atoms with Gasteiger partial charge in [0.2, 0.25) is 0 Å². The highest BCUT2D eigenvalue weighted by Gasteiger charge is 2.10. The summed E-state index contributed by atoms with van der Waals surface area (Å²) in [5.41, 5.74) is 2.70. The number of carbonyl (C=O) groups is 1. The molecule has 1 aliphatic heterocycles. The third kappa shape index (κ3) is 3.07. The Morgan fingerprint density at radius 3 is 2.47 bits per heavy atom. The zero-order chi connectivity index (χ0) is 12.1. The molecule has 17 heavy (non-hydrogen) atoms. The maximum atomic E-state index is 11.8. The first kappa shape index (κ1) is 11.7. The van der Waals surface area contributed by atoms with Crippen molar-refractivity contribution in [1.29, 1.82) is 0 Å². The lowest BCUT2D eigenvalue weighted by Crippen LogP contribution is -2.43. The number of nitrogens with zero attached hydrogens (tertiary/aromatic N) is 1. The van der Waals surface area contributed by atoms with Crippen LogP contribution in [0.2, 0.25) is 0 Å². The van der Waals surface area contributed by atoms with Crippen LogP contribution in [0.5, 0.6) is 0 Å². The van der Waals surface area contributed by atoms with E-state index in [2.05, 4.69) is 15.5 Å². The number of benzene rings is 1. The second-order valence-corrected chi connectivity index (χ2v) is 3.83. The van der Waals surface area contributed by atoms with E-state index in [1.54, 1.807) is 12.1 Å². The second kappa shape index (κ2) is 5.49. The zero-order valence-corrected chi connectivity index (χ0v) is 9.37. The van der Waals surface area contributed by atoms with Gasteiger partial charge in [-0.1, -0.05) is 4.48 Å². The number of amides is 2. The molecule has 6 heteroatoms. The first-order valence-corrected chi connectivity index (χ1v) is 5.53. The molecule has 1 aliphatic rings. The number of hydrogen-bond donors (Lipinski definition) is 3. The minimum atomic E-state index is -0.861. The quantitative estimate of drug-likeness (QED) is 0.676. The summed E-state index contributed by atoms with van der Waals surface area (Å²) >= 11 is 0. The van der Waals surface area contributed by atoms with Crippen molar-refractivity contribution in [2.45, 2.75) is 0 Å². The molecule has 5 nitrogen and oxygen atoms in total. The van der Waals surface area contributed by atoms with Gasteiger partial charge >= 0.3 is 6.03 Å². The largest absolute Gasteiger partial charge is 0.369 e. The van der Waals surface area contributed by atoms with E-state index in [-0.39, 0.29) is 0 Å². The van der Waals surface area contributed by atoms with Gasteiger partial charge in [0.25, 0.3) is 0 Å². The summed E-state index contributed by atoms with van der Waals surface area (Å²) in [6, 6.07) is 6.48. The first-order chi connectivity index (χ1) is 8.29. The molecule has 2 rings (SSSR count). The summed E-state index contributed by atoms with van der Waals surface area (Å²) in [6.45, 7) is 3.89. The Hall–Kier alpha value is -1.82. The fraction of sp³-hybridized carbons (Fsp3) is 0.364. The van der Waals surface area contributed by atoms with Gasteiger partial charge in [0, 0.05) is 37.6 Å². The van der Waals surface area contributed by atoms with Crippen LogP contribution in [0.3, 0.4) is 0 Å². The molecule has 1 aromatic carbocycles. The van der Waals surface area contributed by atoms with Gasteiger partial charge in [-0.05, 0) is 24.3 Å². The van der Waals surface area contributed by atoms with E-state index in [1.165, 1.54) is 0 Å². The molecule has 0 atom stereocenters. The number of anilines is 2. The summed E-state index contributed by atoms with van der Waals surface area (Å²) in [5.74, 6) is 0. The number of nitrogens with one attached hydrogen (secondary N) is 3. The van der Waals surface area contributed by atoms with Crippen LogP contribution in [0, 0.1) is 0 Å². The molecular formula is C11H15FN4O. The number of urea groups is 1. The van der Waals surface area contributed by atoms with Gasteiger partial charge in [0.05, 0.1) is 0 Å². The Labute approximate surface area is 98.9 Å². The lowest BCUT2D eigenvalue weighted by Gasteiger charge is -2.29. The Kier molecular flexibility index (Phi) is 3.77. The van der Waals surface area contributed by atoms with Gasteiger partial charge < -0.3 is 15.5 Å². The smallest absolute Gasteiger partial charge is 0.347 e. The molecule has 0 aromatic heterocycles. The Morgan fingerprint density at radius 2 is 1.88 bits per heavy atom. The van der Waals surface area contributed by atoms with Gasteiger partial charge in [-0.15, -0.1) is 0 Å². The number of halogens is 1. The third-order valence-corrected chi connectivity index (χ3v) is 2.69. The fourth-order valence-corrected chi connectivity index (χ4v) is 1.83. The van der Waals surface area contributed by atoms with Crippen molar-refractivity contribution in [3.05, 3.63) is 24.3 Å². The molecule has 0 unspecified atom stereocenters. The molecule has 1 heterocycles. The van der Waals surface area contributed by atoms with Crippen LogP contribution in [-0.4, -0.2) is 32.2 Å². The number of piperazine rings is 1. The van der Waals surface area contributed by atoms with E-state index in [4.69, 9.17) is 0 Å². The highest BCUT2D eigenvalue weighted by Crippen LogP contribution is 2.18. The molecule has 0 spiro atoms. The van der Waals surface area contributed by atoms with E-state index in [9.17, 15) is 9.28 Å². The molecule has 1 saturated heterocycles. The molecule has 3 N–H and O–H groups in total. The molecule has 1 aromatic rings. The van der Waals surface area contributed by atoms with Crippen molar-refractivity contribution in [3.8, 4) is 0 Å². The van der Waals surface area contributed by atoms with E-state index in [0.29, 0.717) is 5.69 Å². The van der Waals surface area contributed by atoms with Crippen LogP contribution in [0.15, 0.2) is 24.3 Å². The van der Waals surface area contributed by atoms with E-state index >= 15 is 0 Å². The number of carbonyl (C=O) groups excluding carboxylic acids is 1. The van der Waals surface area contributed by atoms with Gasteiger partial charge in [-0.2, -0.15) is 5.54 Å². The van der Waals surface area contributed by atoms with Crippen molar-refractivity contribution in [3.63, 3.8) is 0 Å². The summed E-state index contributed by atoms with van der Waals surface area (Å²) < 4.78 is 11.8. The maximum absolute atomic E-state index is 11.8. The molecule has 2 amide bonds. The molecule has 0 radical (unpaired) electrons. The third-order valence-electron chi connectivity index (χ3n) is 2.69.